The minimum Gasteiger partial charge on any atom is -0.338 e. The van der Waals surface area contributed by atoms with Crippen LogP contribution in [0.5, 0.6) is 0 Å². The van der Waals surface area contributed by atoms with Crippen LogP contribution in [0.2, 0.25) is 0 Å². The number of carbonyl (C=O) groups is 2. The summed E-state index contributed by atoms with van der Waals surface area (Å²) in [4.78, 5) is 28.6. The van der Waals surface area contributed by atoms with Crippen molar-refractivity contribution >= 4 is 11.8 Å². The Kier molecular flexibility index (Phi) is 4.05. The number of likely N-dealkylation sites (tertiary alicyclic amines) is 1. The number of alkyl halides is 3. The standard InChI is InChI=1S/C14H20F3N3O2/c15-14(16,17)13(22)20-5-1-2-11(20)12(21)19-8-6-18(7-9-19)10-3-4-10/h10-11H,1-9H2. The van der Waals surface area contributed by atoms with E-state index in [1.807, 2.05) is 0 Å². The second kappa shape index (κ2) is 5.72. The molecule has 0 aromatic heterocycles. The van der Waals surface area contributed by atoms with Gasteiger partial charge in [0.25, 0.3) is 0 Å². The molecule has 0 N–H and O–H groups in total. The zero-order valence-electron chi connectivity index (χ0n) is 12.3. The molecule has 3 rings (SSSR count). The van der Waals surface area contributed by atoms with E-state index in [0.29, 0.717) is 36.9 Å². The van der Waals surface area contributed by atoms with Gasteiger partial charge in [0.2, 0.25) is 5.91 Å². The summed E-state index contributed by atoms with van der Waals surface area (Å²) in [5.41, 5.74) is 0. The van der Waals surface area contributed by atoms with Crippen molar-refractivity contribution in [3.05, 3.63) is 0 Å². The van der Waals surface area contributed by atoms with Gasteiger partial charge in [0.15, 0.2) is 0 Å². The Labute approximate surface area is 127 Å². The number of piperazine rings is 1. The zero-order valence-corrected chi connectivity index (χ0v) is 12.3. The number of amides is 2. The molecule has 1 aliphatic carbocycles. The predicted octanol–water partition coefficient (Wildman–Crippen LogP) is 0.846. The summed E-state index contributed by atoms with van der Waals surface area (Å²) in [5.74, 6) is -2.22. The topological polar surface area (TPSA) is 43.9 Å². The lowest BCUT2D eigenvalue weighted by atomic mass is 10.1. The highest BCUT2D eigenvalue weighted by Gasteiger charge is 2.48. The molecule has 0 aromatic rings. The molecule has 0 radical (unpaired) electrons. The Balaban J connectivity index is 1.60. The number of hydrogen-bond acceptors (Lipinski definition) is 3. The van der Waals surface area contributed by atoms with E-state index in [2.05, 4.69) is 4.90 Å². The summed E-state index contributed by atoms with van der Waals surface area (Å²) in [6.45, 7) is 2.64. The van der Waals surface area contributed by atoms with Crippen molar-refractivity contribution in [2.45, 2.75) is 43.9 Å². The first-order valence-corrected chi connectivity index (χ1v) is 7.78. The van der Waals surface area contributed by atoms with Crippen LogP contribution in [0.1, 0.15) is 25.7 Å². The molecule has 0 bridgehead atoms. The van der Waals surface area contributed by atoms with Crippen LogP contribution in [0.3, 0.4) is 0 Å². The van der Waals surface area contributed by atoms with Crippen molar-refractivity contribution in [3.63, 3.8) is 0 Å². The van der Waals surface area contributed by atoms with Crippen LogP contribution in [-0.2, 0) is 9.59 Å². The highest BCUT2D eigenvalue weighted by molar-refractivity contribution is 5.90. The fourth-order valence-corrected chi connectivity index (χ4v) is 3.39. The van der Waals surface area contributed by atoms with E-state index in [4.69, 9.17) is 0 Å². The molecule has 3 aliphatic rings. The van der Waals surface area contributed by atoms with Crippen molar-refractivity contribution in [2.75, 3.05) is 32.7 Å². The van der Waals surface area contributed by atoms with Crippen LogP contribution >= 0.6 is 0 Å². The average Bonchev–Trinajstić information content (AvgIpc) is 3.22. The molecule has 2 aliphatic heterocycles. The number of carbonyl (C=O) groups excluding carboxylic acids is 2. The fraction of sp³-hybridized carbons (Fsp3) is 0.857. The fourth-order valence-electron chi connectivity index (χ4n) is 3.39. The van der Waals surface area contributed by atoms with Crippen LogP contribution in [0.25, 0.3) is 0 Å². The first-order chi connectivity index (χ1) is 10.4. The summed E-state index contributed by atoms with van der Waals surface area (Å²) >= 11 is 0. The summed E-state index contributed by atoms with van der Waals surface area (Å²) in [6.07, 6.45) is -1.74. The molecule has 1 saturated carbocycles. The van der Waals surface area contributed by atoms with Gasteiger partial charge in [0, 0.05) is 38.8 Å². The van der Waals surface area contributed by atoms with Crippen LogP contribution in [-0.4, -0.2) is 77.5 Å². The smallest absolute Gasteiger partial charge is 0.338 e. The summed E-state index contributed by atoms with van der Waals surface area (Å²) < 4.78 is 37.8. The lowest BCUT2D eigenvalue weighted by Crippen LogP contribution is -2.56. The Morgan fingerprint density at radius 1 is 0.909 bits per heavy atom. The molecule has 1 unspecified atom stereocenters. The number of nitrogens with zero attached hydrogens (tertiary/aromatic N) is 3. The molecule has 3 fully saturated rings. The molecule has 8 heteroatoms. The summed E-state index contributed by atoms with van der Waals surface area (Å²) in [5, 5.41) is 0. The minimum absolute atomic E-state index is 0.0107. The molecule has 22 heavy (non-hydrogen) atoms. The molecule has 124 valence electrons. The monoisotopic (exact) mass is 319 g/mol. The summed E-state index contributed by atoms with van der Waals surface area (Å²) in [7, 11) is 0. The van der Waals surface area contributed by atoms with Gasteiger partial charge in [-0.1, -0.05) is 0 Å². The third kappa shape index (κ3) is 3.06. The van der Waals surface area contributed by atoms with E-state index < -0.39 is 18.1 Å². The maximum absolute atomic E-state index is 12.6. The maximum Gasteiger partial charge on any atom is 0.471 e. The van der Waals surface area contributed by atoms with E-state index in [9.17, 15) is 22.8 Å². The largest absolute Gasteiger partial charge is 0.471 e. The quantitative estimate of drug-likeness (QED) is 0.758. The molecule has 5 nitrogen and oxygen atoms in total. The average molecular weight is 319 g/mol. The lowest BCUT2D eigenvalue weighted by Gasteiger charge is -2.37. The minimum atomic E-state index is -4.91. The number of rotatable bonds is 2. The maximum atomic E-state index is 12.6. The van der Waals surface area contributed by atoms with E-state index >= 15 is 0 Å². The molecule has 0 spiro atoms. The van der Waals surface area contributed by atoms with E-state index in [1.54, 1.807) is 4.90 Å². The molecular formula is C14H20F3N3O2. The van der Waals surface area contributed by atoms with Gasteiger partial charge in [0.1, 0.15) is 6.04 Å². The van der Waals surface area contributed by atoms with E-state index in [-0.39, 0.29) is 12.5 Å². The molecule has 2 saturated heterocycles. The van der Waals surface area contributed by atoms with Crippen LogP contribution in [0.15, 0.2) is 0 Å². The van der Waals surface area contributed by atoms with E-state index in [0.717, 1.165) is 13.1 Å². The van der Waals surface area contributed by atoms with Gasteiger partial charge >= 0.3 is 12.1 Å². The predicted molar refractivity (Wildman–Crippen MR) is 72.0 cm³/mol. The molecule has 0 aromatic carbocycles. The van der Waals surface area contributed by atoms with Crippen molar-refractivity contribution in [3.8, 4) is 0 Å². The van der Waals surface area contributed by atoms with Crippen LogP contribution in [0.4, 0.5) is 13.2 Å². The molecular weight excluding hydrogens is 299 g/mol. The highest BCUT2D eigenvalue weighted by Crippen LogP contribution is 2.29. The normalized spacial score (nSPS) is 27.3. The van der Waals surface area contributed by atoms with Gasteiger partial charge in [0.05, 0.1) is 0 Å². The Hall–Kier alpha value is -1.31. The Morgan fingerprint density at radius 2 is 1.55 bits per heavy atom. The van der Waals surface area contributed by atoms with Crippen molar-refractivity contribution in [2.24, 2.45) is 0 Å². The van der Waals surface area contributed by atoms with Gasteiger partial charge in [-0.05, 0) is 25.7 Å². The molecule has 1 atom stereocenters. The van der Waals surface area contributed by atoms with Gasteiger partial charge in [-0.25, -0.2) is 0 Å². The van der Waals surface area contributed by atoms with Crippen molar-refractivity contribution in [1.82, 2.24) is 14.7 Å². The van der Waals surface area contributed by atoms with E-state index in [1.165, 1.54) is 12.8 Å². The summed E-state index contributed by atoms with van der Waals surface area (Å²) in [6, 6.07) is -0.311. The van der Waals surface area contributed by atoms with Crippen molar-refractivity contribution < 1.29 is 22.8 Å². The molecule has 2 heterocycles. The SMILES string of the molecule is O=C(C1CCCN1C(=O)C(F)(F)F)N1CCN(C2CC2)CC1. The number of hydrogen-bond donors (Lipinski definition) is 0. The second-order valence-corrected chi connectivity index (χ2v) is 6.25. The van der Waals surface area contributed by atoms with Gasteiger partial charge in [-0.15, -0.1) is 0 Å². The zero-order chi connectivity index (χ0) is 15.9. The van der Waals surface area contributed by atoms with Crippen LogP contribution < -0.4 is 0 Å². The van der Waals surface area contributed by atoms with Gasteiger partial charge in [-0.2, -0.15) is 13.2 Å². The van der Waals surface area contributed by atoms with Crippen molar-refractivity contribution in [1.29, 1.82) is 0 Å². The number of halogens is 3. The third-order valence-corrected chi connectivity index (χ3v) is 4.73. The highest BCUT2D eigenvalue weighted by atomic mass is 19.4. The Morgan fingerprint density at radius 3 is 2.09 bits per heavy atom. The first kappa shape index (κ1) is 15.6. The first-order valence-electron chi connectivity index (χ1n) is 7.78. The molecule has 2 amide bonds. The Bertz CT molecular complexity index is 457. The third-order valence-electron chi connectivity index (χ3n) is 4.73. The lowest BCUT2D eigenvalue weighted by molar-refractivity contribution is -0.187. The second-order valence-electron chi connectivity index (χ2n) is 6.25. The van der Waals surface area contributed by atoms with Gasteiger partial charge < -0.3 is 9.80 Å². The van der Waals surface area contributed by atoms with Crippen LogP contribution in [0, 0.1) is 0 Å². The van der Waals surface area contributed by atoms with Gasteiger partial charge in [-0.3, -0.25) is 14.5 Å².